The summed E-state index contributed by atoms with van der Waals surface area (Å²) in [7, 11) is 1.66. The normalized spacial score (nSPS) is 17.1. The van der Waals surface area contributed by atoms with Crippen molar-refractivity contribution in [3.63, 3.8) is 0 Å². The van der Waals surface area contributed by atoms with Crippen LogP contribution in [0.5, 0.6) is 5.75 Å². The molecule has 0 spiro atoms. The van der Waals surface area contributed by atoms with Gasteiger partial charge in [0.25, 0.3) is 0 Å². The Morgan fingerprint density at radius 1 is 1.44 bits per heavy atom. The van der Waals surface area contributed by atoms with Crippen LogP contribution >= 0.6 is 0 Å². The lowest BCUT2D eigenvalue weighted by molar-refractivity contribution is -0.120. The molecule has 5 nitrogen and oxygen atoms in total. The minimum Gasteiger partial charge on any atom is -0.495 e. The average Bonchev–Trinajstić information content (AvgIpc) is 2.55. The van der Waals surface area contributed by atoms with Crippen LogP contribution in [0.2, 0.25) is 0 Å². The van der Waals surface area contributed by atoms with Crippen LogP contribution in [0.4, 0.5) is 0 Å². The number of hydrogen-bond donors (Lipinski definition) is 1. The van der Waals surface area contributed by atoms with Crippen molar-refractivity contribution in [1.82, 2.24) is 15.2 Å². The van der Waals surface area contributed by atoms with E-state index in [0.717, 1.165) is 36.8 Å². The Bertz CT molecular complexity index is 434. The average molecular weight is 249 g/mol. The first-order chi connectivity index (χ1) is 8.69. The monoisotopic (exact) mass is 249 g/mol. The Hall–Kier alpha value is -1.62. The van der Waals surface area contributed by atoms with Crippen molar-refractivity contribution in [3.8, 4) is 5.75 Å². The van der Waals surface area contributed by atoms with Crippen molar-refractivity contribution in [1.29, 1.82) is 0 Å². The van der Waals surface area contributed by atoms with Crippen molar-refractivity contribution in [3.05, 3.63) is 23.5 Å². The maximum atomic E-state index is 11.3. The molecule has 1 saturated heterocycles. The molecule has 0 unspecified atom stereocenters. The van der Waals surface area contributed by atoms with E-state index in [-0.39, 0.29) is 5.91 Å². The van der Waals surface area contributed by atoms with Crippen molar-refractivity contribution in [2.75, 3.05) is 26.7 Å². The lowest BCUT2D eigenvalue weighted by Crippen LogP contribution is -2.28. The number of amides is 1. The zero-order chi connectivity index (χ0) is 13.0. The van der Waals surface area contributed by atoms with Crippen LogP contribution in [0, 0.1) is 6.92 Å². The molecule has 1 N–H and O–H groups in total. The van der Waals surface area contributed by atoms with Crippen LogP contribution in [0.1, 0.15) is 17.8 Å². The molecule has 1 aliphatic heterocycles. The second-order valence-corrected chi connectivity index (χ2v) is 4.48. The maximum Gasteiger partial charge on any atom is 0.221 e. The van der Waals surface area contributed by atoms with Gasteiger partial charge in [0.2, 0.25) is 5.91 Å². The van der Waals surface area contributed by atoms with E-state index >= 15 is 0 Å². The Morgan fingerprint density at radius 3 is 3.06 bits per heavy atom. The van der Waals surface area contributed by atoms with Gasteiger partial charge in [-0.2, -0.15) is 0 Å². The third-order valence-corrected chi connectivity index (χ3v) is 3.07. The number of pyridine rings is 1. The lowest BCUT2D eigenvalue weighted by atomic mass is 10.2. The number of ether oxygens (including phenoxy) is 1. The number of rotatable bonds is 3. The highest BCUT2D eigenvalue weighted by molar-refractivity contribution is 5.76. The van der Waals surface area contributed by atoms with Crippen LogP contribution in [-0.2, 0) is 11.3 Å². The van der Waals surface area contributed by atoms with Gasteiger partial charge in [0.1, 0.15) is 5.75 Å². The maximum absolute atomic E-state index is 11.3. The van der Waals surface area contributed by atoms with Crippen molar-refractivity contribution < 1.29 is 9.53 Å². The summed E-state index contributed by atoms with van der Waals surface area (Å²) in [6.45, 7) is 5.01. The summed E-state index contributed by atoms with van der Waals surface area (Å²) >= 11 is 0. The number of hydrogen-bond acceptors (Lipinski definition) is 4. The molecular formula is C13H19N3O2. The third-order valence-electron chi connectivity index (χ3n) is 3.07. The first kappa shape index (κ1) is 12.8. The van der Waals surface area contributed by atoms with E-state index in [4.69, 9.17) is 4.74 Å². The van der Waals surface area contributed by atoms with Gasteiger partial charge >= 0.3 is 0 Å². The van der Waals surface area contributed by atoms with Crippen molar-refractivity contribution in [2.45, 2.75) is 19.9 Å². The minimum atomic E-state index is 0.127. The molecule has 2 rings (SSSR count). The Kier molecular flexibility index (Phi) is 4.15. The van der Waals surface area contributed by atoms with Gasteiger partial charge in [0.15, 0.2) is 0 Å². The van der Waals surface area contributed by atoms with Gasteiger partial charge in [-0.05, 0) is 19.1 Å². The van der Waals surface area contributed by atoms with E-state index in [9.17, 15) is 4.79 Å². The smallest absolute Gasteiger partial charge is 0.221 e. The summed E-state index contributed by atoms with van der Waals surface area (Å²) in [4.78, 5) is 18.0. The number of aryl methyl sites for hydroxylation is 1. The SMILES string of the molecule is COc1ccc(C)nc1CN1CCNC(=O)CC1. The van der Waals surface area contributed by atoms with Gasteiger partial charge in [0, 0.05) is 38.3 Å². The molecule has 1 aromatic heterocycles. The minimum absolute atomic E-state index is 0.127. The molecule has 0 aliphatic carbocycles. The molecule has 1 aromatic rings. The zero-order valence-electron chi connectivity index (χ0n) is 10.9. The highest BCUT2D eigenvalue weighted by atomic mass is 16.5. The molecule has 1 fully saturated rings. The number of aromatic nitrogens is 1. The second-order valence-electron chi connectivity index (χ2n) is 4.48. The highest BCUT2D eigenvalue weighted by Crippen LogP contribution is 2.18. The highest BCUT2D eigenvalue weighted by Gasteiger charge is 2.16. The molecule has 0 radical (unpaired) electrons. The summed E-state index contributed by atoms with van der Waals surface area (Å²) in [5.74, 6) is 0.936. The van der Waals surface area contributed by atoms with Gasteiger partial charge in [-0.3, -0.25) is 14.7 Å². The topological polar surface area (TPSA) is 54.5 Å². The van der Waals surface area contributed by atoms with Crippen LogP contribution in [0.15, 0.2) is 12.1 Å². The fraction of sp³-hybridized carbons (Fsp3) is 0.538. The van der Waals surface area contributed by atoms with E-state index in [0.29, 0.717) is 13.0 Å². The molecular weight excluding hydrogens is 230 g/mol. The summed E-state index contributed by atoms with van der Waals surface area (Å²) < 4.78 is 5.32. The van der Waals surface area contributed by atoms with Gasteiger partial charge < -0.3 is 10.1 Å². The predicted octanol–water partition coefficient (Wildman–Crippen LogP) is 0.721. The number of nitrogens with one attached hydrogen (secondary N) is 1. The van der Waals surface area contributed by atoms with Gasteiger partial charge in [-0.1, -0.05) is 0 Å². The Morgan fingerprint density at radius 2 is 2.28 bits per heavy atom. The van der Waals surface area contributed by atoms with E-state index in [1.807, 2.05) is 19.1 Å². The zero-order valence-corrected chi connectivity index (χ0v) is 10.9. The molecule has 18 heavy (non-hydrogen) atoms. The molecule has 2 heterocycles. The summed E-state index contributed by atoms with van der Waals surface area (Å²) in [6.07, 6.45) is 0.550. The van der Waals surface area contributed by atoms with Crippen LogP contribution < -0.4 is 10.1 Å². The van der Waals surface area contributed by atoms with E-state index in [2.05, 4.69) is 15.2 Å². The van der Waals surface area contributed by atoms with Crippen molar-refractivity contribution >= 4 is 5.91 Å². The first-order valence-electron chi connectivity index (χ1n) is 6.18. The third kappa shape index (κ3) is 3.20. The van der Waals surface area contributed by atoms with Gasteiger partial charge in [0.05, 0.1) is 12.8 Å². The number of carbonyl (C=O) groups excluding carboxylic acids is 1. The molecule has 1 amide bonds. The Balaban J connectivity index is 2.08. The quantitative estimate of drug-likeness (QED) is 0.857. The number of carbonyl (C=O) groups is 1. The van der Waals surface area contributed by atoms with Gasteiger partial charge in [-0.25, -0.2) is 0 Å². The summed E-state index contributed by atoms with van der Waals surface area (Å²) in [6, 6.07) is 3.88. The summed E-state index contributed by atoms with van der Waals surface area (Å²) in [5, 5.41) is 2.87. The van der Waals surface area contributed by atoms with E-state index in [1.54, 1.807) is 7.11 Å². The van der Waals surface area contributed by atoms with Crippen LogP contribution in [0.25, 0.3) is 0 Å². The van der Waals surface area contributed by atoms with Crippen molar-refractivity contribution in [2.24, 2.45) is 0 Å². The fourth-order valence-corrected chi connectivity index (χ4v) is 2.08. The van der Waals surface area contributed by atoms with Crippen LogP contribution in [0.3, 0.4) is 0 Å². The standard InChI is InChI=1S/C13H19N3O2/c1-10-3-4-12(18-2)11(15-10)9-16-7-5-13(17)14-6-8-16/h3-4H,5-9H2,1-2H3,(H,14,17). The predicted molar refractivity (Wildman–Crippen MR) is 68.4 cm³/mol. The van der Waals surface area contributed by atoms with Crippen LogP contribution in [-0.4, -0.2) is 42.5 Å². The number of methoxy groups -OCH3 is 1. The fourth-order valence-electron chi connectivity index (χ4n) is 2.08. The van der Waals surface area contributed by atoms with Gasteiger partial charge in [-0.15, -0.1) is 0 Å². The number of nitrogens with zero attached hydrogens (tertiary/aromatic N) is 2. The lowest BCUT2D eigenvalue weighted by Gasteiger charge is -2.19. The van der Waals surface area contributed by atoms with E-state index < -0.39 is 0 Å². The molecule has 0 bridgehead atoms. The molecule has 98 valence electrons. The molecule has 5 heteroatoms. The second kappa shape index (κ2) is 5.82. The molecule has 0 atom stereocenters. The largest absolute Gasteiger partial charge is 0.495 e. The molecule has 1 aliphatic rings. The molecule has 0 saturated carbocycles. The first-order valence-corrected chi connectivity index (χ1v) is 6.18. The molecule has 0 aromatic carbocycles. The summed E-state index contributed by atoms with van der Waals surface area (Å²) in [5.41, 5.74) is 1.92. The Labute approximate surface area is 107 Å². The van der Waals surface area contributed by atoms with E-state index in [1.165, 1.54) is 0 Å².